The van der Waals surface area contributed by atoms with Gasteiger partial charge in [0, 0.05) is 4.83 Å². The van der Waals surface area contributed by atoms with Crippen molar-refractivity contribution in [1.29, 1.82) is 0 Å². The van der Waals surface area contributed by atoms with Crippen molar-refractivity contribution in [3.63, 3.8) is 0 Å². The first-order valence-corrected chi connectivity index (χ1v) is 8.98. The van der Waals surface area contributed by atoms with E-state index in [9.17, 15) is 0 Å². The van der Waals surface area contributed by atoms with E-state index in [1.165, 1.54) is 69.8 Å². The number of hydrogen-bond acceptors (Lipinski definition) is 0. The number of rotatable bonds is 7. The molecule has 0 nitrogen and oxygen atoms in total. The maximum absolute atomic E-state index is 3.88. The highest BCUT2D eigenvalue weighted by molar-refractivity contribution is 9.09. The highest BCUT2D eigenvalue weighted by Gasteiger charge is 2.13. The first kappa shape index (κ1) is 15.1. The maximum Gasteiger partial charge on any atom is 0.0395 e. The van der Waals surface area contributed by atoms with E-state index in [1.807, 2.05) is 0 Å². The molecular formula is C18H27Br. The van der Waals surface area contributed by atoms with Gasteiger partial charge >= 0.3 is 0 Å². The molecule has 1 atom stereocenters. The van der Waals surface area contributed by atoms with Crippen LogP contribution in [0.1, 0.15) is 79.8 Å². The second-order valence-corrected chi connectivity index (χ2v) is 7.01. The standard InChI is InChI=1S/C18H27Br/c1-2-3-4-5-6-11-18(19)17-13-12-15-9-7-8-10-16(15)14-17/h12-14,18H,2-11H2,1H3. The van der Waals surface area contributed by atoms with Gasteiger partial charge < -0.3 is 0 Å². The Hall–Kier alpha value is -0.300. The Morgan fingerprint density at radius 3 is 2.53 bits per heavy atom. The molecule has 106 valence electrons. The van der Waals surface area contributed by atoms with Gasteiger partial charge in [-0.15, -0.1) is 0 Å². The van der Waals surface area contributed by atoms with Gasteiger partial charge in [0.05, 0.1) is 0 Å². The molecule has 1 unspecified atom stereocenters. The molecule has 0 radical (unpaired) electrons. The van der Waals surface area contributed by atoms with Crippen LogP contribution in [0.3, 0.4) is 0 Å². The minimum absolute atomic E-state index is 0.557. The molecule has 1 aliphatic carbocycles. The van der Waals surface area contributed by atoms with Gasteiger partial charge in [-0.3, -0.25) is 0 Å². The summed E-state index contributed by atoms with van der Waals surface area (Å²) in [6.07, 6.45) is 13.5. The van der Waals surface area contributed by atoms with Crippen molar-refractivity contribution in [3.8, 4) is 0 Å². The minimum Gasteiger partial charge on any atom is -0.0839 e. The third-order valence-electron chi connectivity index (χ3n) is 4.30. The number of unbranched alkanes of at least 4 members (excludes halogenated alkanes) is 4. The van der Waals surface area contributed by atoms with Crippen LogP contribution < -0.4 is 0 Å². The van der Waals surface area contributed by atoms with E-state index in [0.29, 0.717) is 4.83 Å². The average molecular weight is 323 g/mol. The fourth-order valence-corrected chi connectivity index (χ4v) is 3.65. The molecule has 0 N–H and O–H groups in total. The smallest absolute Gasteiger partial charge is 0.0395 e. The van der Waals surface area contributed by atoms with E-state index in [4.69, 9.17) is 0 Å². The molecule has 2 rings (SSSR count). The topological polar surface area (TPSA) is 0 Å². The fourth-order valence-electron chi connectivity index (χ4n) is 3.04. The Morgan fingerprint density at radius 2 is 1.74 bits per heavy atom. The van der Waals surface area contributed by atoms with Crippen LogP contribution in [-0.4, -0.2) is 0 Å². The summed E-state index contributed by atoms with van der Waals surface area (Å²) in [6, 6.07) is 7.17. The van der Waals surface area contributed by atoms with Gasteiger partial charge in [-0.05, 0) is 48.8 Å². The number of aryl methyl sites for hydroxylation is 2. The van der Waals surface area contributed by atoms with E-state index < -0.39 is 0 Å². The zero-order valence-corrected chi connectivity index (χ0v) is 13.8. The zero-order valence-electron chi connectivity index (χ0n) is 12.3. The Morgan fingerprint density at radius 1 is 1.00 bits per heavy atom. The van der Waals surface area contributed by atoms with Crippen LogP contribution in [0.4, 0.5) is 0 Å². The molecule has 0 bridgehead atoms. The number of hydrogen-bond donors (Lipinski definition) is 0. The largest absolute Gasteiger partial charge is 0.0839 e. The monoisotopic (exact) mass is 322 g/mol. The van der Waals surface area contributed by atoms with Gasteiger partial charge in [0.15, 0.2) is 0 Å². The minimum atomic E-state index is 0.557. The molecule has 0 saturated heterocycles. The molecule has 19 heavy (non-hydrogen) atoms. The lowest BCUT2D eigenvalue weighted by molar-refractivity contribution is 0.605. The van der Waals surface area contributed by atoms with Crippen molar-refractivity contribution in [2.75, 3.05) is 0 Å². The van der Waals surface area contributed by atoms with Crippen molar-refractivity contribution >= 4 is 15.9 Å². The molecule has 0 fully saturated rings. The van der Waals surface area contributed by atoms with Crippen LogP contribution >= 0.6 is 15.9 Å². The van der Waals surface area contributed by atoms with E-state index in [0.717, 1.165) is 0 Å². The third-order valence-corrected chi connectivity index (χ3v) is 5.28. The molecule has 0 saturated carbocycles. The zero-order chi connectivity index (χ0) is 13.5. The summed E-state index contributed by atoms with van der Waals surface area (Å²) in [7, 11) is 0. The maximum atomic E-state index is 3.88. The number of halogens is 1. The summed E-state index contributed by atoms with van der Waals surface area (Å²) in [4.78, 5) is 0.557. The van der Waals surface area contributed by atoms with Gasteiger partial charge in [-0.25, -0.2) is 0 Å². The highest BCUT2D eigenvalue weighted by Crippen LogP contribution is 2.32. The lowest BCUT2D eigenvalue weighted by atomic mass is 9.89. The molecule has 1 aromatic carbocycles. The normalized spacial score (nSPS) is 16.1. The molecular weight excluding hydrogens is 296 g/mol. The van der Waals surface area contributed by atoms with Crippen molar-refractivity contribution in [2.45, 2.75) is 76.0 Å². The van der Waals surface area contributed by atoms with E-state index >= 15 is 0 Å². The number of benzene rings is 1. The summed E-state index contributed by atoms with van der Waals surface area (Å²) in [5.74, 6) is 0. The van der Waals surface area contributed by atoms with Crippen molar-refractivity contribution in [3.05, 3.63) is 34.9 Å². The van der Waals surface area contributed by atoms with E-state index in [-0.39, 0.29) is 0 Å². The van der Waals surface area contributed by atoms with Gasteiger partial charge in [0.1, 0.15) is 0 Å². The van der Waals surface area contributed by atoms with Crippen LogP contribution in [-0.2, 0) is 12.8 Å². The molecule has 1 heteroatoms. The van der Waals surface area contributed by atoms with Crippen LogP contribution in [0, 0.1) is 0 Å². The Labute approximate surface area is 127 Å². The van der Waals surface area contributed by atoms with Crippen LogP contribution in [0.2, 0.25) is 0 Å². The van der Waals surface area contributed by atoms with E-state index in [1.54, 1.807) is 11.1 Å². The number of alkyl halides is 1. The fraction of sp³-hybridized carbons (Fsp3) is 0.667. The van der Waals surface area contributed by atoms with Gasteiger partial charge in [-0.1, -0.05) is 73.2 Å². The molecule has 0 aromatic heterocycles. The van der Waals surface area contributed by atoms with Crippen molar-refractivity contribution in [2.24, 2.45) is 0 Å². The van der Waals surface area contributed by atoms with Gasteiger partial charge in [0.2, 0.25) is 0 Å². The summed E-state index contributed by atoms with van der Waals surface area (Å²) < 4.78 is 0. The predicted octanol–water partition coefficient (Wildman–Crippen LogP) is 6.36. The van der Waals surface area contributed by atoms with Crippen LogP contribution in [0.15, 0.2) is 18.2 Å². The predicted molar refractivity (Wildman–Crippen MR) is 88.1 cm³/mol. The molecule has 0 spiro atoms. The van der Waals surface area contributed by atoms with Crippen molar-refractivity contribution < 1.29 is 0 Å². The SMILES string of the molecule is CCCCCCCC(Br)c1ccc2c(c1)CCCC2. The number of fused-ring (bicyclic) bond motifs is 1. The lowest BCUT2D eigenvalue weighted by Gasteiger charge is -2.18. The Bertz CT molecular complexity index is 383. The molecule has 1 aliphatic rings. The molecule has 0 heterocycles. The first-order chi connectivity index (χ1) is 9.31. The first-order valence-electron chi connectivity index (χ1n) is 8.07. The quantitative estimate of drug-likeness (QED) is 0.404. The highest BCUT2D eigenvalue weighted by atomic mass is 79.9. The van der Waals surface area contributed by atoms with Crippen LogP contribution in [0.25, 0.3) is 0 Å². The van der Waals surface area contributed by atoms with Crippen molar-refractivity contribution in [1.82, 2.24) is 0 Å². The Balaban J connectivity index is 1.83. The summed E-state index contributed by atoms with van der Waals surface area (Å²) >= 11 is 3.88. The van der Waals surface area contributed by atoms with E-state index in [2.05, 4.69) is 41.1 Å². The second-order valence-electron chi connectivity index (χ2n) is 5.91. The van der Waals surface area contributed by atoms with Crippen LogP contribution in [0.5, 0.6) is 0 Å². The second kappa shape index (κ2) is 8.09. The summed E-state index contributed by atoms with van der Waals surface area (Å²) in [6.45, 7) is 2.28. The average Bonchev–Trinajstić information content (AvgIpc) is 2.46. The van der Waals surface area contributed by atoms with Gasteiger partial charge in [-0.2, -0.15) is 0 Å². The lowest BCUT2D eigenvalue weighted by Crippen LogP contribution is -2.03. The molecule has 1 aromatic rings. The third kappa shape index (κ3) is 4.63. The summed E-state index contributed by atoms with van der Waals surface area (Å²) in [5.41, 5.74) is 4.70. The Kier molecular flexibility index (Phi) is 6.43. The van der Waals surface area contributed by atoms with Gasteiger partial charge in [0.25, 0.3) is 0 Å². The summed E-state index contributed by atoms with van der Waals surface area (Å²) in [5, 5.41) is 0. The molecule has 0 aliphatic heterocycles. The molecule has 0 amide bonds.